The van der Waals surface area contributed by atoms with Crippen LogP contribution in [0.5, 0.6) is 0 Å². The normalized spacial score (nSPS) is 12.2. The SMILES string of the molecule is CC(C)C(NC(=O)c1ccc(CN)cn1)C(N)=O. The molecule has 1 unspecified atom stereocenters. The molecule has 2 amide bonds. The van der Waals surface area contributed by atoms with Crippen LogP contribution in [0, 0.1) is 5.92 Å². The van der Waals surface area contributed by atoms with Gasteiger partial charge >= 0.3 is 0 Å². The van der Waals surface area contributed by atoms with Crippen molar-refractivity contribution in [3.8, 4) is 0 Å². The number of hydrogen-bond acceptors (Lipinski definition) is 4. The van der Waals surface area contributed by atoms with Gasteiger partial charge in [0.05, 0.1) is 0 Å². The first-order valence-corrected chi connectivity index (χ1v) is 5.71. The molecule has 0 aliphatic heterocycles. The summed E-state index contributed by atoms with van der Waals surface area (Å²) in [4.78, 5) is 27.0. The molecular formula is C12H18N4O2. The van der Waals surface area contributed by atoms with Crippen LogP contribution in [-0.2, 0) is 11.3 Å². The first kappa shape index (κ1) is 14.1. The number of carbonyl (C=O) groups excluding carboxylic acids is 2. The molecule has 1 heterocycles. The fraction of sp³-hybridized carbons (Fsp3) is 0.417. The molecule has 6 heteroatoms. The van der Waals surface area contributed by atoms with Crippen molar-refractivity contribution >= 4 is 11.8 Å². The van der Waals surface area contributed by atoms with E-state index in [1.807, 2.05) is 0 Å². The molecule has 0 aliphatic carbocycles. The summed E-state index contributed by atoms with van der Waals surface area (Å²) in [5.74, 6) is -1.05. The van der Waals surface area contributed by atoms with E-state index in [9.17, 15) is 9.59 Å². The van der Waals surface area contributed by atoms with Gasteiger partial charge in [0.1, 0.15) is 11.7 Å². The maximum atomic E-state index is 11.9. The molecule has 0 radical (unpaired) electrons. The maximum absolute atomic E-state index is 11.9. The Kier molecular flexibility index (Phi) is 4.79. The van der Waals surface area contributed by atoms with Crippen LogP contribution in [-0.4, -0.2) is 22.8 Å². The molecule has 6 nitrogen and oxygen atoms in total. The van der Waals surface area contributed by atoms with E-state index in [2.05, 4.69) is 10.3 Å². The van der Waals surface area contributed by atoms with E-state index in [-0.39, 0.29) is 11.6 Å². The van der Waals surface area contributed by atoms with E-state index < -0.39 is 17.9 Å². The number of nitrogens with one attached hydrogen (secondary N) is 1. The van der Waals surface area contributed by atoms with Gasteiger partial charge in [0.2, 0.25) is 5.91 Å². The number of carbonyl (C=O) groups is 2. The van der Waals surface area contributed by atoms with Crippen molar-refractivity contribution in [2.45, 2.75) is 26.4 Å². The van der Waals surface area contributed by atoms with Crippen molar-refractivity contribution in [1.82, 2.24) is 10.3 Å². The van der Waals surface area contributed by atoms with Gasteiger partial charge in [0, 0.05) is 12.7 Å². The Hall–Kier alpha value is -1.95. The van der Waals surface area contributed by atoms with Crippen LogP contribution in [0.3, 0.4) is 0 Å². The lowest BCUT2D eigenvalue weighted by Gasteiger charge is -2.18. The summed E-state index contributed by atoms with van der Waals surface area (Å²) in [7, 11) is 0. The minimum atomic E-state index is -0.700. The molecule has 0 aromatic carbocycles. The number of nitrogens with two attached hydrogens (primary N) is 2. The maximum Gasteiger partial charge on any atom is 0.270 e. The lowest BCUT2D eigenvalue weighted by atomic mass is 10.0. The molecule has 0 aliphatic rings. The second kappa shape index (κ2) is 6.11. The van der Waals surface area contributed by atoms with Crippen molar-refractivity contribution in [3.63, 3.8) is 0 Å². The van der Waals surface area contributed by atoms with Gasteiger partial charge in [-0.1, -0.05) is 19.9 Å². The summed E-state index contributed by atoms with van der Waals surface area (Å²) in [6.07, 6.45) is 1.53. The van der Waals surface area contributed by atoms with E-state index in [0.29, 0.717) is 6.54 Å². The monoisotopic (exact) mass is 250 g/mol. The third-order valence-electron chi connectivity index (χ3n) is 2.55. The topological polar surface area (TPSA) is 111 Å². The van der Waals surface area contributed by atoms with Crippen LogP contribution in [0.4, 0.5) is 0 Å². The zero-order chi connectivity index (χ0) is 13.7. The summed E-state index contributed by atoms with van der Waals surface area (Å²) >= 11 is 0. The first-order chi connectivity index (χ1) is 8.45. The molecule has 0 fully saturated rings. The van der Waals surface area contributed by atoms with E-state index in [1.165, 1.54) is 6.20 Å². The molecule has 0 saturated carbocycles. The lowest BCUT2D eigenvalue weighted by molar-refractivity contribution is -0.120. The molecule has 1 rings (SSSR count). The average Bonchev–Trinajstić information content (AvgIpc) is 2.35. The van der Waals surface area contributed by atoms with Gasteiger partial charge in [-0.15, -0.1) is 0 Å². The Labute approximate surface area is 106 Å². The molecule has 1 aromatic heterocycles. The van der Waals surface area contributed by atoms with Crippen LogP contribution >= 0.6 is 0 Å². The van der Waals surface area contributed by atoms with Gasteiger partial charge in [0.25, 0.3) is 5.91 Å². The molecule has 0 bridgehead atoms. The summed E-state index contributed by atoms with van der Waals surface area (Å²) in [6, 6.07) is 2.58. The minimum Gasteiger partial charge on any atom is -0.368 e. The highest BCUT2D eigenvalue weighted by Crippen LogP contribution is 2.04. The van der Waals surface area contributed by atoms with E-state index in [0.717, 1.165) is 5.56 Å². The van der Waals surface area contributed by atoms with Gasteiger partial charge in [-0.25, -0.2) is 0 Å². The summed E-state index contributed by atoms with van der Waals surface area (Å²) in [5.41, 5.74) is 11.7. The third-order valence-corrected chi connectivity index (χ3v) is 2.55. The molecule has 1 aromatic rings. The zero-order valence-electron chi connectivity index (χ0n) is 10.5. The first-order valence-electron chi connectivity index (χ1n) is 5.71. The smallest absolute Gasteiger partial charge is 0.270 e. The van der Waals surface area contributed by atoms with E-state index in [1.54, 1.807) is 26.0 Å². The van der Waals surface area contributed by atoms with Gasteiger partial charge < -0.3 is 16.8 Å². The number of primary amides is 1. The predicted octanol–water partition coefficient (Wildman–Crippen LogP) is -0.220. The summed E-state index contributed by atoms with van der Waals surface area (Å²) < 4.78 is 0. The Bertz CT molecular complexity index is 428. The Morgan fingerprint density at radius 3 is 2.44 bits per heavy atom. The van der Waals surface area contributed by atoms with Gasteiger partial charge in [-0.2, -0.15) is 0 Å². The molecule has 98 valence electrons. The number of pyridine rings is 1. The third kappa shape index (κ3) is 3.53. The number of rotatable bonds is 5. The minimum absolute atomic E-state index is 0.0743. The summed E-state index contributed by atoms with van der Waals surface area (Å²) in [5, 5.41) is 2.56. The molecule has 0 spiro atoms. The van der Waals surface area contributed by atoms with Crippen LogP contribution in [0.15, 0.2) is 18.3 Å². The average molecular weight is 250 g/mol. The highest BCUT2D eigenvalue weighted by atomic mass is 16.2. The van der Waals surface area contributed by atoms with E-state index in [4.69, 9.17) is 11.5 Å². The Morgan fingerprint density at radius 2 is 2.06 bits per heavy atom. The predicted molar refractivity (Wildman–Crippen MR) is 67.4 cm³/mol. The largest absolute Gasteiger partial charge is 0.368 e. The molecular weight excluding hydrogens is 232 g/mol. The molecule has 18 heavy (non-hydrogen) atoms. The zero-order valence-corrected chi connectivity index (χ0v) is 10.5. The van der Waals surface area contributed by atoms with Crippen LogP contribution in [0.2, 0.25) is 0 Å². The lowest BCUT2D eigenvalue weighted by Crippen LogP contribution is -2.47. The fourth-order valence-corrected chi connectivity index (χ4v) is 1.46. The summed E-state index contributed by atoms with van der Waals surface area (Å²) in [6.45, 7) is 3.98. The standard InChI is InChI=1S/C12H18N4O2/c1-7(2)10(11(14)17)16-12(18)9-4-3-8(5-13)6-15-9/h3-4,6-7,10H,5,13H2,1-2H3,(H2,14,17)(H,16,18). The number of amides is 2. The van der Waals surface area contributed by atoms with Crippen molar-refractivity contribution in [1.29, 1.82) is 0 Å². The van der Waals surface area contributed by atoms with Crippen LogP contribution < -0.4 is 16.8 Å². The Morgan fingerprint density at radius 1 is 1.39 bits per heavy atom. The van der Waals surface area contributed by atoms with Crippen molar-refractivity contribution in [2.75, 3.05) is 0 Å². The van der Waals surface area contributed by atoms with Gasteiger partial charge in [0.15, 0.2) is 0 Å². The second-order valence-electron chi connectivity index (χ2n) is 4.35. The highest BCUT2D eigenvalue weighted by Gasteiger charge is 2.22. The van der Waals surface area contributed by atoms with Crippen LogP contribution in [0.1, 0.15) is 29.9 Å². The highest BCUT2D eigenvalue weighted by molar-refractivity contribution is 5.95. The Balaban J connectivity index is 2.77. The fourth-order valence-electron chi connectivity index (χ4n) is 1.46. The molecule has 0 saturated heterocycles. The van der Waals surface area contributed by atoms with Crippen molar-refractivity contribution < 1.29 is 9.59 Å². The van der Waals surface area contributed by atoms with Crippen molar-refractivity contribution in [3.05, 3.63) is 29.6 Å². The second-order valence-corrected chi connectivity index (χ2v) is 4.35. The molecule has 5 N–H and O–H groups in total. The number of hydrogen-bond donors (Lipinski definition) is 3. The number of aromatic nitrogens is 1. The van der Waals surface area contributed by atoms with Crippen LogP contribution in [0.25, 0.3) is 0 Å². The number of nitrogens with zero attached hydrogens (tertiary/aromatic N) is 1. The quantitative estimate of drug-likeness (QED) is 0.670. The van der Waals surface area contributed by atoms with Crippen molar-refractivity contribution in [2.24, 2.45) is 17.4 Å². The van der Waals surface area contributed by atoms with Gasteiger partial charge in [-0.05, 0) is 17.5 Å². The van der Waals surface area contributed by atoms with E-state index >= 15 is 0 Å². The molecule has 1 atom stereocenters. The van der Waals surface area contributed by atoms with Gasteiger partial charge in [-0.3, -0.25) is 14.6 Å².